The Labute approximate surface area is 218 Å². The quantitative estimate of drug-likeness (QED) is 0.276. The van der Waals surface area contributed by atoms with Crippen LogP contribution in [0.4, 0.5) is 0 Å². The minimum Gasteiger partial charge on any atom is -0.497 e. The highest BCUT2D eigenvalue weighted by Crippen LogP contribution is 2.13. The number of amides is 3. The molecule has 3 amide bonds. The highest BCUT2D eigenvalue weighted by Gasteiger charge is 2.20. The minimum absolute atomic E-state index is 0.142. The van der Waals surface area contributed by atoms with Gasteiger partial charge in [-0.25, -0.2) is 13.1 Å². The number of pyridine rings is 1. The van der Waals surface area contributed by atoms with Crippen LogP contribution in [0.2, 0.25) is 0 Å². The van der Waals surface area contributed by atoms with Crippen molar-refractivity contribution in [1.82, 2.24) is 20.3 Å². The van der Waals surface area contributed by atoms with Crippen LogP contribution in [0, 0.1) is 0 Å². The summed E-state index contributed by atoms with van der Waals surface area (Å²) in [6, 6.07) is 14.8. The molecular weight excluding hydrogens is 516 g/mol. The fourth-order valence-corrected chi connectivity index (χ4v) is 4.12. The van der Waals surface area contributed by atoms with Crippen molar-refractivity contribution in [2.24, 2.45) is 0 Å². The zero-order valence-electron chi connectivity index (χ0n) is 20.1. The molecule has 0 unspecified atom stereocenters. The predicted molar refractivity (Wildman–Crippen MR) is 134 cm³/mol. The van der Waals surface area contributed by atoms with Gasteiger partial charge in [0.15, 0.2) is 0 Å². The number of hydrogen-bond donors (Lipinski definition) is 4. The first-order chi connectivity index (χ1) is 18.1. The number of rotatable bonds is 11. The van der Waals surface area contributed by atoms with E-state index in [9.17, 15) is 27.6 Å². The van der Waals surface area contributed by atoms with Crippen LogP contribution in [-0.4, -0.2) is 62.4 Å². The van der Waals surface area contributed by atoms with Gasteiger partial charge in [-0.15, -0.1) is 0 Å². The zero-order valence-corrected chi connectivity index (χ0v) is 20.9. The standard InChI is InChI=1S/C25H24N4O8S/c1-37-19-7-2-16(3-8-19)12-13-26-23(32)17-4-9-20(10-5-17)38(35,36)29-24(33)18-6-11-21(27-14-18)25(34)28-15-22(30)31/h2-11,14H,12-13,15H2,1H3,(H,26,32)(H,28,34)(H,29,33)(H,30,31). The highest BCUT2D eigenvalue weighted by atomic mass is 32.2. The first-order valence-corrected chi connectivity index (χ1v) is 12.6. The Bertz CT molecular complexity index is 1420. The van der Waals surface area contributed by atoms with E-state index >= 15 is 0 Å². The lowest BCUT2D eigenvalue weighted by Gasteiger charge is -2.09. The van der Waals surface area contributed by atoms with E-state index in [1.807, 2.05) is 29.0 Å². The van der Waals surface area contributed by atoms with Gasteiger partial charge >= 0.3 is 5.97 Å². The van der Waals surface area contributed by atoms with Gasteiger partial charge in [-0.3, -0.25) is 24.2 Å². The summed E-state index contributed by atoms with van der Waals surface area (Å²) in [5.74, 6) is -2.65. The Morgan fingerprint density at radius 3 is 2.08 bits per heavy atom. The second kappa shape index (κ2) is 12.5. The molecule has 0 aliphatic carbocycles. The molecule has 0 spiro atoms. The van der Waals surface area contributed by atoms with E-state index in [2.05, 4.69) is 15.6 Å². The lowest BCUT2D eigenvalue weighted by molar-refractivity contribution is -0.135. The molecule has 0 aliphatic heterocycles. The van der Waals surface area contributed by atoms with Crippen LogP contribution in [0.25, 0.3) is 0 Å². The third kappa shape index (κ3) is 7.61. The van der Waals surface area contributed by atoms with E-state index in [0.29, 0.717) is 13.0 Å². The molecule has 198 valence electrons. The number of methoxy groups -OCH3 is 1. The Hall–Kier alpha value is -4.78. The molecule has 0 aliphatic rings. The first-order valence-electron chi connectivity index (χ1n) is 11.1. The summed E-state index contributed by atoms with van der Waals surface area (Å²) in [6.45, 7) is -0.236. The van der Waals surface area contributed by atoms with Gasteiger partial charge in [-0.2, -0.15) is 0 Å². The number of aliphatic carboxylic acids is 1. The molecule has 2 aromatic carbocycles. The van der Waals surface area contributed by atoms with Crippen LogP contribution < -0.4 is 20.1 Å². The van der Waals surface area contributed by atoms with E-state index in [-0.39, 0.29) is 27.6 Å². The molecule has 3 aromatic rings. The topological polar surface area (TPSA) is 181 Å². The summed E-state index contributed by atoms with van der Waals surface area (Å²) in [4.78, 5) is 50.6. The largest absolute Gasteiger partial charge is 0.497 e. The van der Waals surface area contributed by atoms with Gasteiger partial charge in [0.1, 0.15) is 18.0 Å². The van der Waals surface area contributed by atoms with Crippen LogP contribution in [0.1, 0.15) is 36.8 Å². The van der Waals surface area contributed by atoms with Crippen LogP contribution in [-0.2, 0) is 21.2 Å². The smallest absolute Gasteiger partial charge is 0.322 e. The van der Waals surface area contributed by atoms with Crippen molar-refractivity contribution in [3.63, 3.8) is 0 Å². The van der Waals surface area contributed by atoms with Crippen molar-refractivity contribution >= 4 is 33.7 Å². The number of aromatic nitrogens is 1. The van der Waals surface area contributed by atoms with Crippen molar-refractivity contribution in [3.05, 3.63) is 89.2 Å². The predicted octanol–water partition coefficient (Wildman–Crippen LogP) is 0.996. The number of benzene rings is 2. The van der Waals surface area contributed by atoms with E-state index in [0.717, 1.165) is 23.6 Å². The lowest BCUT2D eigenvalue weighted by Crippen LogP contribution is -2.31. The van der Waals surface area contributed by atoms with Crippen molar-refractivity contribution in [1.29, 1.82) is 0 Å². The van der Waals surface area contributed by atoms with Gasteiger partial charge in [0, 0.05) is 18.3 Å². The van der Waals surface area contributed by atoms with Crippen LogP contribution in [0.5, 0.6) is 5.75 Å². The van der Waals surface area contributed by atoms with Crippen molar-refractivity contribution in [3.8, 4) is 5.75 Å². The number of carboxylic acids is 1. The number of hydrogen-bond acceptors (Lipinski definition) is 8. The zero-order chi connectivity index (χ0) is 27.7. The normalized spacial score (nSPS) is 10.8. The van der Waals surface area contributed by atoms with E-state index < -0.39 is 34.4 Å². The third-order valence-electron chi connectivity index (χ3n) is 5.17. The van der Waals surface area contributed by atoms with E-state index in [4.69, 9.17) is 9.84 Å². The number of carbonyl (C=O) groups excluding carboxylic acids is 3. The minimum atomic E-state index is -4.27. The number of carboxylic acid groups (broad SMARTS) is 1. The molecule has 0 bridgehead atoms. The summed E-state index contributed by atoms with van der Waals surface area (Å²) in [6.07, 6.45) is 1.58. The summed E-state index contributed by atoms with van der Waals surface area (Å²) in [7, 11) is -2.69. The average Bonchev–Trinajstić information content (AvgIpc) is 2.92. The number of sulfonamides is 1. The maximum absolute atomic E-state index is 12.6. The molecule has 3 rings (SSSR count). The third-order valence-corrected chi connectivity index (χ3v) is 6.52. The van der Waals surface area contributed by atoms with Crippen LogP contribution >= 0.6 is 0 Å². The van der Waals surface area contributed by atoms with Crippen LogP contribution in [0.15, 0.2) is 71.8 Å². The van der Waals surface area contributed by atoms with Gasteiger partial charge in [0.2, 0.25) is 0 Å². The SMILES string of the molecule is COc1ccc(CCNC(=O)c2ccc(S(=O)(=O)NC(=O)c3ccc(C(=O)NCC(=O)O)nc3)cc2)cc1. The number of nitrogens with zero attached hydrogens (tertiary/aromatic N) is 1. The first kappa shape index (κ1) is 27.8. The summed E-state index contributed by atoms with van der Waals surface area (Å²) in [5.41, 5.74) is 0.959. The van der Waals surface area contributed by atoms with Gasteiger partial charge in [0.05, 0.1) is 17.6 Å². The molecule has 12 nitrogen and oxygen atoms in total. The van der Waals surface area contributed by atoms with Gasteiger partial charge in [-0.05, 0) is 60.5 Å². The molecule has 1 heterocycles. The summed E-state index contributed by atoms with van der Waals surface area (Å²) >= 11 is 0. The second-order valence-electron chi connectivity index (χ2n) is 7.82. The maximum Gasteiger partial charge on any atom is 0.322 e. The summed E-state index contributed by atoms with van der Waals surface area (Å²) in [5, 5.41) is 13.5. The Balaban J connectivity index is 1.55. The molecule has 0 saturated carbocycles. The van der Waals surface area contributed by atoms with Crippen molar-refractivity contribution < 1.29 is 37.4 Å². The highest BCUT2D eigenvalue weighted by molar-refractivity contribution is 7.90. The number of nitrogens with one attached hydrogen (secondary N) is 3. The lowest BCUT2D eigenvalue weighted by atomic mass is 10.1. The molecule has 1 aromatic heterocycles. The molecule has 4 N–H and O–H groups in total. The van der Waals surface area contributed by atoms with Crippen molar-refractivity contribution in [2.75, 3.05) is 20.2 Å². The molecule has 0 radical (unpaired) electrons. The van der Waals surface area contributed by atoms with E-state index in [1.165, 1.54) is 30.3 Å². The summed E-state index contributed by atoms with van der Waals surface area (Å²) < 4.78 is 32.2. The average molecular weight is 541 g/mol. The second-order valence-corrected chi connectivity index (χ2v) is 9.50. The maximum atomic E-state index is 12.6. The Morgan fingerprint density at radius 1 is 0.842 bits per heavy atom. The molecule has 0 saturated heterocycles. The molecule has 13 heteroatoms. The Kier molecular flexibility index (Phi) is 9.11. The molecule has 38 heavy (non-hydrogen) atoms. The molecular formula is C25H24N4O8S. The van der Waals surface area contributed by atoms with Gasteiger partial charge in [-0.1, -0.05) is 12.1 Å². The fraction of sp³-hybridized carbons (Fsp3) is 0.160. The molecule has 0 atom stereocenters. The van der Waals surface area contributed by atoms with Crippen LogP contribution in [0.3, 0.4) is 0 Å². The van der Waals surface area contributed by atoms with Gasteiger partial charge in [0.25, 0.3) is 27.7 Å². The van der Waals surface area contributed by atoms with Gasteiger partial charge < -0.3 is 20.5 Å². The van der Waals surface area contributed by atoms with E-state index in [1.54, 1.807) is 7.11 Å². The Morgan fingerprint density at radius 2 is 1.50 bits per heavy atom. The fourth-order valence-electron chi connectivity index (χ4n) is 3.15. The molecule has 0 fully saturated rings. The van der Waals surface area contributed by atoms with Crippen molar-refractivity contribution in [2.45, 2.75) is 11.3 Å². The monoisotopic (exact) mass is 540 g/mol. The number of ether oxygens (including phenoxy) is 1. The number of carbonyl (C=O) groups is 4.